The van der Waals surface area contributed by atoms with Crippen LogP contribution in [0, 0.1) is 0 Å². The molecule has 0 amide bonds. The molecule has 0 bridgehead atoms. The average Bonchev–Trinajstić information content (AvgIpc) is 2.68. The van der Waals surface area contributed by atoms with Crippen LogP contribution in [0.15, 0.2) is 46.0 Å². The number of thiophene rings is 1. The van der Waals surface area contributed by atoms with Crippen LogP contribution in [0.5, 0.6) is 0 Å². The molecule has 2 heteroatoms. The smallest absolute Gasteiger partial charge is 0.0604 e. The molecule has 1 aromatic heterocycles. The van der Waals surface area contributed by atoms with Gasteiger partial charge in [-0.25, -0.2) is 0 Å². The second-order valence-corrected chi connectivity index (χ2v) is 5.43. The van der Waals surface area contributed by atoms with Crippen LogP contribution in [-0.4, -0.2) is 5.75 Å². The quantitative estimate of drug-likeness (QED) is 0.685. The van der Waals surface area contributed by atoms with Gasteiger partial charge in [0.05, 0.1) is 4.21 Å². The summed E-state index contributed by atoms with van der Waals surface area (Å²) in [5, 5.41) is 2.23. The van der Waals surface area contributed by atoms with Gasteiger partial charge < -0.3 is 0 Å². The fourth-order valence-electron chi connectivity index (χ4n) is 1.32. The Kier molecular flexibility index (Phi) is 3.27. The van der Waals surface area contributed by atoms with Gasteiger partial charge in [0, 0.05) is 0 Å². The zero-order valence-corrected chi connectivity index (χ0v) is 9.70. The number of hydrogen-bond acceptors (Lipinski definition) is 2. The summed E-state index contributed by atoms with van der Waals surface area (Å²) < 4.78 is 1.41. The molecule has 1 aromatic carbocycles. The van der Waals surface area contributed by atoms with E-state index in [0.717, 1.165) is 5.75 Å². The zero-order chi connectivity index (χ0) is 9.80. The molecule has 0 aliphatic carbocycles. The summed E-state index contributed by atoms with van der Waals surface area (Å²) in [7, 11) is 0. The Hall–Kier alpha value is -0.730. The molecular weight excluding hydrogens is 208 g/mol. The highest BCUT2D eigenvalue weighted by atomic mass is 32.2. The molecule has 0 radical (unpaired) electrons. The first-order valence-corrected chi connectivity index (χ1v) is 6.53. The first-order valence-electron chi connectivity index (χ1n) is 4.67. The van der Waals surface area contributed by atoms with E-state index in [2.05, 4.69) is 48.7 Å². The maximum atomic E-state index is 2.27. The average molecular weight is 220 g/mol. The lowest BCUT2D eigenvalue weighted by molar-refractivity contribution is 1.51. The van der Waals surface area contributed by atoms with Crippen molar-refractivity contribution in [2.45, 2.75) is 11.1 Å². The van der Waals surface area contributed by atoms with E-state index < -0.39 is 0 Å². The van der Waals surface area contributed by atoms with Crippen molar-refractivity contribution in [3.63, 3.8) is 0 Å². The van der Waals surface area contributed by atoms with Crippen LogP contribution in [0.1, 0.15) is 6.92 Å². The van der Waals surface area contributed by atoms with Crippen molar-refractivity contribution in [2.75, 3.05) is 5.75 Å². The van der Waals surface area contributed by atoms with Crippen molar-refractivity contribution < 1.29 is 0 Å². The molecule has 0 nitrogen and oxygen atoms in total. The minimum Gasteiger partial charge on any atom is -0.137 e. The summed E-state index contributed by atoms with van der Waals surface area (Å²) in [6, 6.07) is 12.8. The molecule has 0 fully saturated rings. The van der Waals surface area contributed by atoms with E-state index in [0.29, 0.717) is 0 Å². The standard InChI is InChI=1S/C12H12S2/c1-2-13-12-8-11(9-14-12)10-6-4-3-5-7-10/h3-9H,2H2,1H3. The van der Waals surface area contributed by atoms with Gasteiger partial charge in [-0.3, -0.25) is 0 Å². The molecule has 0 unspecified atom stereocenters. The Morgan fingerprint density at radius 3 is 2.64 bits per heavy atom. The topological polar surface area (TPSA) is 0 Å². The van der Waals surface area contributed by atoms with Crippen LogP contribution in [0.2, 0.25) is 0 Å². The summed E-state index contributed by atoms with van der Waals surface area (Å²) in [4.78, 5) is 0. The molecular formula is C12H12S2. The largest absolute Gasteiger partial charge is 0.137 e. The van der Waals surface area contributed by atoms with Crippen molar-refractivity contribution >= 4 is 23.1 Å². The van der Waals surface area contributed by atoms with Gasteiger partial charge in [0.25, 0.3) is 0 Å². The Bertz CT molecular complexity index is 390. The lowest BCUT2D eigenvalue weighted by atomic mass is 10.1. The number of benzene rings is 1. The molecule has 1 heterocycles. The minimum atomic E-state index is 1.15. The van der Waals surface area contributed by atoms with E-state index in [-0.39, 0.29) is 0 Å². The second-order valence-electron chi connectivity index (χ2n) is 2.95. The van der Waals surface area contributed by atoms with E-state index >= 15 is 0 Å². The lowest BCUT2D eigenvalue weighted by Gasteiger charge is -1.94. The molecule has 0 aliphatic heterocycles. The Balaban J connectivity index is 2.25. The van der Waals surface area contributed by atoms with E-state index in [1.54, 1.807) is 0 Å². The third kappa shape index (κ3) is 2.20. The fourth-order valence-corrected chi connectivity index (χ4v) is 3.22. The van der Waals surface area contributed by atoms with Crippen molar-refractivity contribution in [3.05, 3.63) is 41.8 Å². The summed E-state index contributed by atoms with van der Waals surface area (Å²) >= 11 is 3.74. The molecule has 0 saturated heterocycles. The van der Waals surface area contributed by atoms with Gasteiger partial charge in [-0.15, -0.1) is 23.1 Å². The van der Waals surface area contributed by atoms with Crippen LogP contribution in [-0.2, 0) is 0 Å². The highest BCUT2D eigenvalue weighted by molar-refractivity contribution is 8.01. The van der Waals surface area contributed by atoms with E-state index in [9.17, 15) is 0 Å². The van der Waals surface area contributed by atoms with Crippen LogP contribution < -0.4 is 0 Å². The maximum absolute atomic E-state index is 2.27. The van der Waals surface area contributed by atoms with Crippen LogP contribution in [0.4, 0.5) is 0 Å². The van der Waals surface area contributed by atoms with E-state index in [1.807, 2.05) is 23.1 Å². The van der Waals surface area contributed by atoms with Gasteiger partial charge in [0.15, 0.2) is 0 Å². The van der Waals surface area contributed by atoms with Crippen molar-refractivity contribution in [1.29, 1.82) is 0 Å². The van der Waals surface area contributed by atoms with Gasteiger partial charge in [-0.2, -0.15) is 0 Å². The molecule has 2 aromatic rings. The van der Waals surface area contributed by atoms with Crippen LogP contribution in [0.25, 0.3) is 11.1 Å². The predicted octanol–water partition coefficient (Wildman–Crippen LogP) is 4.53. The molecule has 0 spiro atoms. The Morgan fingerprint density at radius 1 is 1.14 bits per heavy atom. The molecule has 72 valence electrons. The van der Waals surface area contributed by atoms with Crippen molar-refractivity contribution in [1.82, 2.24) is 0 Å². The maximum Gasteiger partial charge on any atom is 0.0604 e. The van der Waals surface area contributed by atoms with Gasteiger partial charge in [0.2, 0.25) is 0 Å². The first kappa shape index (κ1) is 9.81. The molecule has 0 aliphatic rings. The van der Waals surface area contributed by atoms with Gasteiger partial charge in [0.1, 0.15) is 0 Å². The monoisotopic (exact) mass is 220 g/mol. The third-order valence-corrected chi connectivity index (χ3v) is 4.02. The molecule has 0 atom stereocenters. The summed E-state index contributed by atoms with van der Waals surface area (Å²) in [5.74, 6) is 1.15. The summed E-state index contributed by atoms with van der Waals surface area (Å²) in [5.41, 5.74) is 2.65. The molecule has 0 N–H and O–H groups in total. The predicted molar refractivity (Wildman–Crippen MR) is 66.2 cm³/mol. The third-order valence-electron chi connectivity index (χ3n) is 1.97. The number of hydrogen-bond donors (Lipinski definition) is 0. The minimum absolute atomic E-state index is 1.15. The van der Waals surface area contributed by atoms with Crippen LogP contribution in [0.3, 0.4) is 0 Å². The molecule has 2 rings (SSSR count). The van der Waals surface area contributed by atoms with Crippen LogP contribution >= 0.6 is 23.1 Å². The first-order chi connectivity index (χ1) is 6.90. The Labute approximate surface area is 93.0 Å². The zero-order valence-electron chi connectivity index (χ0n) is 8.07. The van der Waals surface area contributed by atoms with Gasteiger partial charge >= 0.3 is 0 Å². The number of thioether (sulfide) groups is 1. The summed E-state index contributed by atoms with van der Waals surface area (Å²) in [6.07, 6.45) is 0. The SMILES string of the molecule is CCSc1cc(-c2ccccc2)cs1. The highest BCUT2D eigenvalue weighted by Gasteiger charge is 2.00. The Morgan fingerprint density at radius 2 is 1.93 bits per heavy atom. The molecule has 14 heavy (non-hydrogen) atoms. The number of rotatable bonds is 3. The fraction of sp³-hybridized carbons (Fsp3) is 0.167. The lowest BCUT2D eigenvalue weighted by Crippen LogP contribution is -1.70. The van der Waals surface area contributed by atoms with Gasteiger partial charge in [-0.05, 0) is 28.3 Å². The van der Waals surface area contributed by atoms with Gasteiger partial charge in [-0.1, -0.05) is 37.3 Å². The summed E-state index contributed by atoms with van der Waals surface area (Å²) in [6.45, 7) is 2.19. The van der Waals surface area contributed by atoms with E-state index in [4.69, 9.17) is 0 Å². The van der Waals surface area contributed by atoms with E-state index in [1.165, 1.54) is 15.3 Å². The second kappa shape index (κ2) is 4.67. The highest BCUT2D eigenvalue weighted by Crippen LogP contribution is 2.31. The van der Waals surface area contributed by atoms with Crippen molar-refractivity contribution in [2.24, 2.45) is 0 Å². The normalized spacial score (nSPS) is 10.4. The van der Waals surface area contributed by atoms with Crippen molar-refractivity contribution in [3.8, 4) is 11.1 Å². The molecule has 0 saturated carbocycles.